The first-order valence-electron chi connectivity index (χ1n) is 7.06. The average Bonchev–Trinajstić information content (AvgIpc) is 2.37. The molecule has 0 unspecified atom stereocenters. The molecule has 0 atom stereocenters. The van der Waals surface area contributed by atoms with Gasteiger partial charge in [-0.3, -0.25) is 4.79 Å². The number of hydrogen-bond donors (Lipinski definition) is 0. The summed E-state index contributed by atoms with van der Waals surface area (Å²) in [5.74, 6) is 0.285. The number of ketones is 1. The standard InChI is InChI=1S/C16H26O2/c1-2-3-4-5-6-7-8-9-10-13-16(18)14-11-12-15-17/h4-5,7-8,15H,2-3,6,9-14H2,1H3. The second-order valence-corrected chi connectivity index (χ2v) is 4.46. The third-order valence-corrected chi connectivity index (χ3v) is 2.66. The Morgan fingerprint density at radius 3 is 2.11 bits per heavy atom. The minimum atomic E-state index is 0.285. The zero-order valence-corrected chi connectivity index (χ0v) is 11.6. The molecule has 0 aliphatic rings. The molecule has 0 amide bonds. The highest BCUT2D eigenvalue weighted by Crippen LogP contribution is 2.04. The fourth-order valence-electron chi connectivity index (χ4n) is 1.60. The van der Waals surface area contributed by atoms with E-state index in [-0.39, 0.29) is 5.78 Å². The smallest absolute Gasteiger partial charge is 0.132 e. The van der Waals surface area contributed by atoms with Crippen LogP contribution >= 0.6 is 0 Å². The maximum atomic E-state index is 11.4. The van der Waals surface area contributed by atoms with Gasteiger partial charge >= 0.3 is 0 Å². The van der Waals surface area contributed by atoms with Crippen molar-refractivity contribution in [1.82, 2.24) is 0 Å². The monoisotopic (exact) mass is 250 g/mol. The van der Waals surface area contributed by atoms with Gasteiger partial charge in [0.1, 0.15) is 12.1 Å². The number of rotatable bonds is 12. The molecule has 2 heteroatoms. The van der Waals surface area contributed by atoms with Crippen LogP contribution in [0.5, 0.6) is 0 Å². The maximum absolute atomic E-state index is 11.4. The van der Waals surface area contributed by atoms with Crippen LogP contribution in [-0.2, 0) is 9.59 Å². The summed E-state index contributed by atoms with van der Waals surface area (Å²) < 4.78 is 0. The van der Waals surface area contributed by atoms with Crippen LogP contribution in [0.15, 0.2) is 24.3 Å². The lowest BCUT2D eigenvalue weighted by atomic mass is 10.1. The molecule has 0 heterocycles. The van der Waals surface area contributed by atoms with Crippen molar-refractivity contribution in [2.75, 3.05) is 0 Å². The van der Waals surface area contributed by atoms with Gasteiger partial charge in [0, 0.05) is 19.3 Å². The minimum absolute atomic E-state index is 0.285. The Kier molecular flexibility index (Phi) is 13.0. The lowest BCUT2D eigenvalue weighted by Gasteiger charge is -1.97. The number of carbonyl (C=O) groups is 2. The van der Waals surface area contributed by atoms with Crippen LogP contribution in [0.3, 0.4) is 0 Å². The Bertz CT molecular complexity index is 264. The molecule has 2 nitrogen and oxygen atoms in total. The molecule has 0 aromatic carbocycles. The molecular formula is C16H26O2. The van der Waals surface area contributed by atoms with E-state index in [1.54, 1.807) is 0 Å². The van der Waals surface area contributed by atoms with E-state index in [9.17, 15) is 9.59 Å². The fourth-order valence-corrected chi connectivity index (χ4v) is 1.60. The zero-order chi connectivity index (χ0) is 13.5. The Hall–Kier alpha value is -1.18. The number of unbranched alkanes of at least 4 members (excludes halogenated alkanes) is 3. The second kappa shape index (κ2) is 13.9. The average molecular weight is 250 g/mol. The largest absolute Gasteiger partial charge is 0.303 e. The van der Waals surface area contributed by atoms with Gasteiger partial charge in [0.2, 0.25) is 0 Å². The molecular weight excluding hydrogens is 224 g/mol. The summed E-state index contributed by atoms with van der Waals surface area (Å²) in [4.78, 5) is 21.5. The predicted octanol–water partition coefficient (Wildman–Crippen LogP) is 4.40. The Labute approximate surface area is 111 Å². The second-order valence-electron chi connectivity index (χ2n) is 4.46. The number of allylic oxidation sites excluding steroid dienone is 4. The first-order chi connectivity index (χ1) is 8.81. The summed E-state index contributed by atoms with van der Waals surface area (Å²) in [6.45, 7) is 2.17. The van der Waals surface area contributed by atoms with E-state index >= 15 is 0 Å². The van der Waals surface area contributed by atoms with E-state index < -0.39 is 0 Å². The van der Waals surface area contributed by atoms with Crippen LogP contribution in [0.1, 0.15) is 64.7 Å². The number of Topliss-reactive ketones (excluding diaryl/α,β-unsaturated/α-hetero) is 1. The van der Waals surface area contributed by atoms with Crippen molar-refractivity contribution in [2.45, 2.75) is 64.7 Å². The minimum Gasteiger partial charge on any atom is -0.303 e. The first kappa shape index (κ1) is 16.8. The maximum Gasteiger partial charge on any atom is 0.132 e. The van der Waals surface area contributed by atoms with Crippen molar-refractivity contribution in [2.24, 2.45) is 0 Å². The molecule has 0 spiro atoms. The SMILES string of the molecule is CCCC=CCC=CCCCC(=O)CCCC=O. The number of hydrogen-bond acceptors (Lipinski definition) is 2. The van der Waals surface area contributed by atoms with Crippen molar-refractivity contribution in [3.05, 3.63) is 24.3 Å². The molecule has 0 rings (SSSR count). The van der Waals surface area contributed by atoms with Crippen molar-refractivity contribution in [3.63, 3.8) is 0 Å². The van der Waals surface area contributed by atoms with Gasteiger partial charge < -0.3 is 4.79 Å². The van der Waals surface area contributed by atoms with E-state index in [2.05, 4.69) is 31.2 Å². The van der Waals surface area contributed by atoms with Crippen LogP contribution in [0, 0.1) is 0 Å². The van der Waals surface area contributed by atoms with Crippen LogP contribution in [0.4, 0.5) is 0 Å². The van der Waals surface area contributed by atoms with Gasteiger partial charge in [-0.2, -0.15) is 0 Å². The van der Waals surface area contributed by atoms with Gasteiger partial charge in [-0.1, -0.05) is 37.6 Å². The Morgan fingerprint density at radius 1 is 0.889 bits per heavy atom. The quantitative estimate of drug-likeness (QED) is 0.292. The Balaban J connectivity index is 3.35. The number of carbonyl (C=O) groups excluding carboxylic acids is 2. The van der Waals surface area contributed by atoms with Crippen molar-refractivity contribution in [3.8, 4) is 0 Å². The van der Waals surface area contributed by atoms with Gasteiger partial charge in [0.05, 0.1) is 0 Å². The van der Waals surface area contributed by atoms with Crippen LogP contribution in [-0.4, -0.2) is 12.1 Å². The summed E-state index contributed by atoms with van der Waals surface area (Å²) in [6.07, 6.45) is 17.2. The highest BCUT2D eigenvalue weighted by Gasteiger charge is 1.99. The lowest BCUT2D eigenvalue weighted by Crippen LogP contribution is -1.97. The fraction of sp³-hybridized carbons (Fsp3) is 0.625. The summed E-state index contributed by atoms with van der Waals surface area (Å²) in [6, 6.07) is 0. The van der Waals surface area contributed by atoms with E-state index in [0.717, 1.165) is 32.0 Å². The first-order valence-corrected chi connectivity index (χ1v) is 7.06. The molecule has 0 fully saturated rings. The van der Waals surface area contributed by atoms with Crippen LogP contribution < -0.4 is 0 Å². The molecule has 0 N–H and O–H groups in total. The molecule has 0 aliphatic heterocycles. The van der Waals surface area contributed by atoms with E-state index in [4.69, 9.17) is 0 Å². The van der Waals surface area contributed by atoms with Gasteiger partial charge in [-0.05, 0) is 32.1 Å². The van der Waals surface area contributed by atoms with Gasteiger partial charge in [0.15, 0.2) is 0 Å². The lowest BCUT2D eigenvalue weighted by molar-refractivity contribution is -0.119. The van der Waals surface area contributed by atoms with E-state index in [1.165, 1.54) is 6.42 Å². The molecule has 0 saturated carbocycles. The molecule has 0 radical (unpaired) electrons. The normalized spacial score (nSPS) is 11.4. The molecule has 18 heavy (non-hydrogen) atoms. The van der Waals surface area contributed by atoms with Gasteiger partial charge in [0.25, 0.3) is 0 Å². The van der Waals surface area contributed by atoms with Crippen molar-refractivity contribution >= 4 is 12.1 Å². The topological polar surface area (TPSA) is 34.1 Å². The molecule has 0 saturated heterocycles. The van der Waals surface area contributed by atoms with Crippen LogP contribution in [0.25, 0.3) is 0 Å². The van der Waals surface area contributed by atoms with E-state index in [1.807, 2.05) is 0 Å². The summed E-state index contributed by atoms with van der Waals surface area (Å²) in [5.41, 5.74) is 0. The highest BCUT2D eigenvalue weighted by atomic mass is 16.1. The third-order valence-electron chi connectivity index (χ3n) is 2.66. The number of aldehydes is 1. The molecule has 0 aromatic rings. The molecule has 0 bridgehead atoms. The van der Waals surface area contributed by atoms with Crippen LogP contribution in [0.2, 0.25) is 0 Å². The van der Waals surface area contributed by atoms with E-state index in [0.29, 0.717) is 25.7 Å². The summed E-state index contributed by atoms with van der Waals surface area (Å²) >= 11 is 0. The molecule has 0 aromatic heterocycles. The third kappa shape index (κ3) is 12.9. The van der Waals surface area contributed by atoms with Gasteiger partial charge in [-0.15, -0.1) is 0 Å². The van der Waals surface area contributed by atoms with Gasteiger partial charge in [-0.25, -0.2) is 0 Å². The molecule has 102 valence electrons. The zero-order valence-electron chi connectivity index (χ0n) is 11.6. The van der Waals surface area contributed by atoms with Crippen molar-refractivity contribution < 1.29 is 9.59 Å². The predicted molar refractivity (Wildman–Crippen MR) is 76.6 cm³/mol. The Morgan fingerprint density at radius 2 is 1.50 bits per heavy atom. The molecule has 0 aliphatic carbocycles. The summed E-state index contributed by atoms with van der Waals surface area (Å²) in [5, 5.41) is 0. The summed E-state index contributed by atoms with van der Waals surface area (Å²) in [7, 11) is 0. The highest BCUT2D eigenvalue weighted by molar-refractivity contribution is 5.78. The van der Waals surface area contributed by atoms with Crippen molar-refractivity contribution in [1.29, 1.82) is 0 Å².